The number of anilines is 1. The molecule has 1 aromatic carbocycles. The lowest BCUT2D eigenvalue weighted by molar-refractivity contribution is -0.127. The van der Waals surface area contributed by atoms with E-state index in [-0.39, 0.29) is 17.9 Å². The first-order chi connectivity index (χ1) is 16.5. The van der Waals surface area contributed by atoms with Crippen molar-refractivity contribution in [1.29, 1.82) is 0 Å². The van der Waals surface area contributed by atoms with Crippen LogP contribution in [-0.4, -0.2) is 41.2 Å². The Labute approximate surface area is 197 Å². The van der Waals surface area contributed by atoms with Crippen molar-refractivity contribution in [3.63, 3.8) is 0 Å². The number of hydrogen-bond acceptors (Lipinski definition) is 5. The fourth-order valence-electron chi connectivity index (χ4n) is 5.34. The van der Waals surface area contributed by atoms with E-state index in [1.807, 2.05) is 35.8 Å². The maximum Gasteiger partial charge on any atom is 0.275 e. The molecule has 2 aromatic heterocycles. The number of hydrogen-bond donors (Lipinski definition) is 1. The van der Waals surface area contributed by atoms with Gasteiger partial charge in [-0.3, -0.25) is 14.5 Å². The number of carbonyl (C=O) groups excluding carboxylic acids is 2. The van der Waals surface area contributed by atoms with Gasteiger partial charge in [0.1, 0.15) is 30.2 Å². The van der Waals surface area contributed by atoms with E-state index >= 15 is 0 Å². The van der Waals surface area contributed by atoms with Gasteiger partial charge in [-0.05, 0) is 56.2 Å². The van der Waals surface area contributed by atoms with Crippen LogP contribution >= 0.6 is 0 Å². The summed E-state index contributed by atoms with van der Waals surface area (Å²) in [4.78, 5) is 29.4. The van der Waals surface area contributed by atoms with Gasteiger partial charge in [0.25, 0.3) is 5.91 Å². The van der Waals surface area contributed by atoms with Gasteiger partial charge in [-0.25, -0.2) is 0 Å². The highest BCUT2D eigenvalue weighted by Gasteiger charge is 2.49. The summed E-state index contributed by atoms with van der Waals surface area (Å²) in [5, 5.41) is 3.22. The van der Waals surface area contributed by atoms with Crippen LogP contribution in [0.3, 0.4) is 0 Å². The molecule has 0 saturated heterocycles. The van der Waals surface area contributed by atoms with Gasteiger partial charge in [-0.1, -0.05) is 12.8 Å². The predicted molar refractivity (Wildman–Crippen MR) is 125 cm³/mol. The second-order valence-corrected chi connectivity index (χ2v) is 9.36. The smallest absolute Gasteiger partial charge is 0.275 e. The Morgan fingerprint density at radius 2 is 1.79 bits per heavy atom. The van der Waals surface area contributed by atoms with Gasteiger partial charge in [0, 0.05) is 17.8 Å². The zero-order valence-corrected chi connectivity index (χ0v) is 19.1. The predicted octanol–water partition coefficient (Wildman–Crippen LogP) is 4.00. The Balaban J connectivity index is 1.45. The summed E-state index contributed by atoms with van der Waals surface area (Å²) in [5.74, 6) is 1.47. The second-order valence-electron chi connectivity index (χ2n) is 9.36. The van der Waals surface area contributed by atoms with Crippen molar-refractivity contribution in [2.75, 3.05) is 18.1 Å². The molecule has 34 heavy (non-hydrogen) atoms. The van der Waals surface area contributed by atoms with E-state index in [0.29, 0.717) is 48.4 Å². The number of amides is 2. The number of rotatable bonds is 4. The van der Waals surface area contributed by atoms with Crippen LogP contribution in [-0.2, 0) is 11.3 Å². The molecule has 2 amide bonds. The number of furan rings is 1. The van der Waals surface area contributed by atoms with Crippen molar-refractivity contribution < 1.29 is 23.5 Å². The van der Waals surface area contributed by atoms with Gasteiger partial charge in [-0.15, -0.1) is 0 Å². The van der Waals surface area contributed by atoms with Crippen LogP contribution in [0.15, 0.2) is 53.1 Å². The van der Waals surface area contributed by atoms with Gasteiger partial charge in [0.05, 0.1) is 18.5 Å². The van der Waals surface area contributed by atoms with Crippen LogP contribution in [0.5, 0.6) is 11.5 Å². The molecule has 1 fully saturated rings. The van der Waals surface area contributed by atoms with Crippen molar-refractivity contribution >= 4 is 17.5 Å². The highest BCUT2D eigenvalue weighted by atomic mass is 16.6. The molecule has 176 valence electrons. The van der Waals surface area contributed by atoms with Gasteiger partial charge >= 0.3 is 0 Å². The Hall–Kier alpha value is -3.68. The zero-order valence-electron chi connectivity index (χ0n) is 19.1. The third kappa shape index (κ3) is 3.28. The van der Waals surface area contributed by atoms with E-state index in [1.54, 1.807) is 29.4 Å². The number of ether oxygens (including phenoxy) is 2. The maximum absolute atomic E-state index is 13.9. The topological polar surface area (TPSA) is 85.9 Å². The Bertz CT molecular complexity index is 1240. The van der Waals surface area contributed by atoms with Gasteiger partial charge in [-0.2, -0.15) is 0 Å². The molecule has 1 atom stereocenters. The number of nitrogens with zero attached hydrogens (tertiary/aromatic N) is 2. The molecule has 4 heterocycles. The zero-order chi connectivity index (χ0) is 23.3. The van der Waals surface area contributed by atoms with Crippen molar-refractivity contribution in [2.24, 2.45) is 0 Å². The summed E-state index contributed by atoms with van der Waals surface area (Å²) in [6.45, 7) is 3.06. The molecule has 0 radical (unpaired) electrons. The lowest BCUT2D eigenvalue weighted by Gasteiger charge is -2.44. The Morgan fingerprint density at radius 1 is 1.03 bits per heavy atom. The number of carbonyl (C=O) groups is 2. The van der Waals surface area contributed by atoms with Crippen molar-refractivity contribution in [3.8, 4) is 23.0 Å². The average molecular weight is 462 g/mol. The summed E-state index contributed by atoms with van der Waals surface area (Å²) in [7, 11) is 0. The summed E-state index contributed by atoms with van der Waals surface area (Å²) < 4.78 is 18.9. The lowest BCUT2D eigenvalue weighted by Crippen LogP contribution is -2.65. The van der Waals surface area contributed by atoms with Gasteiger partial charge in [0.2, 0.25) is 5.91 Å². The molecular formula is C26H27N3O5. The molecule has 8 nitrogen and oxygen atoms in total. The number of nitrogens with one attached hydrogen (secondary N) is 1. The molecule has 0 spiro atoms. The summed E-state index contributed by atoms with van der Waals surface area (Å²) in [5.41, 5.74) is 0.726. The number of aromatic nitrogens is 1. The number of benzene rings is 1. The van der Waals surface area contributed by atoms with Crippen molar-refractivity contribution in [1.82, 2.24) is 9.88 Å². The Kier molecular flexibility index (Phi) is 4.90. The molecule has 3 aliphatic rings. The standard InChI is InChI=1S/C26H27N3O5/c1-26(25(31)27-17-5-2-3-6-17)16-28-19(21-7-4-12-32-21)9-10-20(28)24(30)29(26)18-8-11-22-23(15-18)34-14-13-33-22/h4,7-12,15,17H,2-3,5-6,13-14,16H2,1H3,(H,27,31). The summed E-state index contributed by atoms with van der Waals surface area (Å²) in [6.07, 6.45) is 5.75. The fourth-order valence-corrected chi connectivity index (χ4v) is 5.34. The van der Waals surface area contributed by atoms with E-state index < -0.39 is 5.54 Å². The van der Waals surface area contributed by atoms with Crippen molar-refractivity contribution in [2.45, 2.75) is 50.7 Å². The largest absolute Gasteiger partial charge is 0.486 e. The van der Waals surface area contributed by atoms with Crippen molar-refractivity contribution in [3.05, 3.63) is 54.4 Å². The molecule has 1 N–H and O–H groups in total. The van der Waals surface area contributed by atoms with Crippen LogP contribution in [0.25, 0.3) is 11.5 Å². The molecule has 6 rings (SSSR count). The van der Waals surface area contributed by atoms with Gasteiger partial charge in [0.15, 0.2) is 11.5 Å². The molecule has 1 aliphatic carbocycles. The molecule has 1 unspecified atom stereocenters. The summed E-state index contributed by atoms with van der Waals surface area (Å²) in [6, 6.07) is 12.9. The third-order valence-corrected chi connectivity index (χ3v) is 7.10. The van der Waals surface area contributed by atoms with Crippen LogP contribution in [0, 0.1) is 0 Å². The minimum Gasteiger partial charge on any atom is -0.486 e. The van der Waals surface area contributed by atoms with E-state index in [4.69, 9.17) is 13.9 Å². The van der Waals surface area contributed by atoms with E-state index in [9.17, 15) is 9.59 Å². The quantitative estimate of drug-likeness (QED) is 0.635. The molecule has 1 saturated carbocycles. The third-order valence-electron chi connectivity index (χ3n) is 7.10. The first-order valence-corrected chi connectivity index (χ1v) is 11.8. The van der Waals surface area contributed by atoms with E-state index in [1.165, 1.54) is 0 Å². The maximum atomic E-state index is 13.9. The highest BCUT2D eigenvalue weighted by molar-refractivity contribution is 6.12. The molecule has 2 aliphatic heterocycles. The van der Waals surface area contributed by atoms with Crippen LogP contribution in [0.4, 0.5) is 5.69 Å². The lowest BCUT2D eigenvalue weighted by atomic mass is 9.93. The minimum atomic E-state index is -1.16. The van der Waals surface area contributed by atoms with E-state index in [0.717, 1.165) is 31.4 Å². The number of fused-ring (bicyclic) bond motifs is 2. The fraction of sp³-hybridized carbons (Fsp3) is 0.385. The van der Waals surface area contributed by atoms with Crippen LogP contribution in [0.2, 0.25) is 0 Å². The monoisotopic (exact) mass is 461 g/mol. The Morgan fingerprint density at radius 3 is 2.56 bits per heavy atom. The normalized spacial score (nSPS) is 22.0. The highest BCUT2D eigenvalue weighted by Crippen LogP contribution is 2.40. The molecule has 8 heteroatoms. The second kappa shape index (κ2) is 7.97. The van der Waals surface area contributed by atoms with Crippen LogP contribution in [0.1, 0.15) is 43.1 Å². The molecule has 0 bridgehead atoms. The SMILES string of the molecule is CC1(C(=O)NC2CCCC2)Cn2c(ccc2-c2ccco2)C(=O)N1c1ccc2c(c1)OCCO2. The van der Waals surface area contributed by atoms with E-state index in [2.05, 4.69) is 5.32 Å². The van der Waals surface area contributed by atoms with Gasteiger partial charge < -0.3 is 23.8 Å². The first kappa shape index (κ1) is 20.9. The first-order valence-electron chi connectivity index (χ1n) is 11.8. The summed E-state index contributed by atoms with van der Waals surface area (Å²) >= 11 is 0. The van der Waals surface area contributed by atoms with Crippen LogP contribution < -0.4 is 19.7 Å². The minimum absolute atomic E-state index is 0.136. The molecular weight excluding hydrogens is 434 g/mol. The molecule has 3 aromatic rings. The average Bonchev–Trinajstić information content (AvgIpc) is 3.61.